The van der Waals surface area contributed by atoms with Crippen LogP contribution in [0.2, 0.25) is 0 Å². The summed E-state index contributed by atoms with van der Waals surface area (Å²) in [5.74, 6) is -0.0407. The Labute approximate surface area is 130 Å². The monoisotopic (exact) mass is 344 g/mol. The summed E-state index contributed by atoms with van der Waals surface area (Å²) in [7, 11) is 0. The van der Waals surface area contributed by atoms with E-state index in [1.807, 2.05) is 0 Å². The maximum Gasteiger partial charge on any atom is 0.212 e. The Morgan fingerprint density at radius 1 is 1.32 bits per heavy atom. The molecule has 0 aromatic carbocycles. The molecular weight excluding hydrogens is 331 g/mol. The van der Waals surface area contributed by atoms with Crippen LogP contribution >= 0.6 is 47.9 Å². The zero-order valence-corrected chi connectivity index (χ0v) is 12.8. The van der Waals surface area contributed by atoms with Crippen LogP contribution in [0.25, 0.3) is 0 Å². The highest BCUT2D eigenvalue weighted by atomic mass is 35.5. The van der Waals surface area contributed by atoms with Gasteiger partial charge in [0, 0.05) is 5.38 Å². The third kappa shape index (κ3) is 8.48. The minimum absolute atomic E-state index is 0. The lowest BCUT2D eigenvalue weighted by Gasteiger charge is -1.96. The molecule has 1 heterocycles. The normalized spacial score (nSPS) is 10.0. The number of thioether (sulfide) groups is 1. The van der Waals surface area contributed by atoms with Crippen molar-refractivity contribution in [3.63, 3.8) is 0 Å². The number of nitrogens with two attached hydrogens (primary N) is 4. The first-order valence-electron chi connectivity index (χ1n) is 4.33. The number of guanidine groups is 1. The molecule has 0 unspecified atom stereocenters. The molecule has 19 heavy (non-hydrogen) atoms. The van der Waals surface area contributed by atoms with Gasteiger partial charge >= 0.3 is 0 Å². The van der Waals surface area contributed by atoms with Crippen molar-refractivity contribution >= 4 is 69.3 Å². The highest BCUT2D eigenvalue weighted by Crippen LogP contribution is 2.19. The van der Waals surface area contributed by atoms with Crippen molar-refractivity contribution < 1.29 is 0 Å². The molecular formula is C7H14Cl2N8S2. The number of amidine groups is 2. The van der Waals surface area contributed by atoms with Crippen molar-refractivity contribution in [1.82, 2.24) is 4.98 Å². The van der Waals surface area contributed by atoms with Crippen LogP contribution in [0, 0.1) is 5.41 Å². The number of hydrogen-bond acceptors (Lipinski definition) is 6. The molecule has 9 N–H and O–H groups in total. The second-order valence-corrected chi connectivity index (χ2v) is 4.68. The van der Waals surface area contributed by atoms with Gasteiger partial charge in [-0.05, 0) is 11.8 Å². The van der Waals surface area contributed by atoms with Crippen molar-refractivity contribution in [3.05, 3.63) is 11.1 Å². The van der Waals surface area contributed by atoms with Gasteiger partial charge in [-0.3, -0.25) is 10.4 Å². The lowest BCUT2D eigenvalue weighted by molar-refractivity contribution is 1.01. The van der Waals surface area contributed by atoms with Crippen molar-refractivity contribution in [3.8, 4) is 0 Å². The van der Waals surface area contributed by atoms with Crippen molar-refractivity contribution in [2.45, 2.75) is 6.54 Å². The topological polar surface area (TPSA) is 166 Å². The standard InChI is InChI=1S/C7H12N8S2.2ClH/c8-4(9)15-7-14-3(2-16-7)1-13-6(12)17-5(10)11;;/h2H,1H2,(H3,10,11)(H2,12,13)(H4,8,9,14,15);2*1H. The lowest BCUT2D eigenvalue weighted by atomic mass is 10.5. The molecule has 0 aliphatic rings. The number of hydrogen-bond donors (Lipinski definition) is 5. The van der Waals surface area contributed by atoms with Crippen LogP contribution < -0.4 is 22.9 Å². The first-order chi connectivity index (χ1) is 7.97. The van der Waals surface area contributed by atoms with Gasteiger partial charge in [0.05, 0.1) is 12.2 Å². The van der Waals surface area contributed by atoms with E-state index in [1.54, 1.807) is 5.38 Å². The zero-order chi connectivity index (χ0) is 12.8. The quantitative estimate of drug-likeness (QED) is 0.391. The molecule has 0 amide bonds. The molecule has 0 saturated heterocycles. The van der Waals surface area contributed by atoms with Gasteiger partial charge in [-0.2, -0.15) is 4.99 Å². The molecule has 1 aromatic heterocycles. The number of nitrogens with one attached hydrogen (secondary N) is 1. The van der Waals surface area contributed by atoms with Crippen LogP contribution in [0.5, 0.6) is 0 Å². The number of aromatic nitrogens is 1. The Morgan fingerprint density at radius 2 is 1.95 bits per heavy atom. The average molecular weight is 345 g/mol. The molecule has 0 radical (unpaired) electrons. The van der Waals surface area contributed by atoms with E-state index in [1.165, 1.54) is 11.3 Å². The molecule has 1 rings (SSSR count). The summed E-state index contributed by atoms with van der Waals surface area (Å²) in [5, 5.41) is 9.36. The predicted octanol–water partition coefficient (Wildman–Crippen LogP) is 0.333. The predicted molar refractivity (Wildman–Crippen MR) is 86.9 cm³/mol. The minimum Gasteiger partial charge on any atom is -0.378 e. The maximum atomic E-state index is 7.01. The van der Waals surface area contributed by atoms with Gasteiger partial charge in [-0.15, -0.1) is 36.2 Å². The van der Waals surface area contributed by atoms with Crippen LogP contribution in [-0.2, 0) is 6.54 Å². The Kier molecular flexibility index (Phi) is 10.2. The van der Waals surface area contributed by atoms with Crippen LogP contribution in [-0.4, -0.2) is 21.3 Å². The number of rotatable bonds is 3. The Morgan fingerprint density at radius 3 is 2.47 bits per heavy atom. The second kappa shape index (κ2) is 9.67. The Bertz CT molecular complexity index is 467. The first kappa shape index (κ1) is 20.1. The van der Waals surface area contributed by atoms with E-state index in [0.29, 0.717) is 17.4 Å². The fourth-order valence-corrected chi connectivity index (χ4v) is 1.89. The van der Waals surface area contributed by atoms with E-state index in [9.17, 15) is 0 Å². The fraction of sp³-hybridized carbons (Fsp3) is 0.143. The van der Waals surface area contributed by atoms with Gasteiger partial charge in [0.25, 0.3) is 0 Å². The van der Waals surface area contributed by atoms with E-state index in [-0.39, 0.29) is 41.1 Å². The lowest BCUT2D eigenvalue weighted by Crippen LogP contribution is -2.21. The van der Waals surface area contributed by atoms with Crippen molar-refractivity contribution in [2.75, 3.05) is 0 Å². The van der Waals surface area contributed by atoms with Crippen LogP contribution in [0.4, 0.5) is 5.13 Å². The van der Waals surface area contributed by atoms with Gasteiger partial charge in [-0.25, -0.2) is 4.98 Å². The molecule has 0 saturated carbocycles. The summed E-state index contributed by atoms with van der Waals surface area (Å²) >= 11 is 2.19. The zero-order valence-electron chi connectivity index (χ0n) is 9.57. The van der Waals surface area contributed by atoms with E-state index in [2.05, 4.69) is 15.0 Å². The molecule has 12 heteroatoms. The molecule has 8 nitrogen and oxygen atoms in total. The molecule has 0 spiro atoms. The molecule has 0 bridgehead atoms. The van der Waals surface area contributed by atoms with Crippen molar-refractivity contribution in [1.29, 1.82) is 5.41 Å². The summed E-state index contributed by atoms with van der Waals surface area (Å²) in [5.41, 5.74) is 21.8. The fourth-order valence-electron chi connectivity index (χ4n) is 0.835. The second-order valence-electron chi connectivity index (χ2n) is 2.78. The minimum atomic E-state index is -0.106. The number of thiazole rings is 1. The van der Waals surface area contributed by atoms with Gasteiger partial charge in [-0.1, -0.05) is 0 Å². The smallest absolute Gasteiger partial charge is 0.212 e. The molecule has 0 aliphatic carbocycles. The number of nitrogens with zero attached hydrogens (tertiary/aromatic N) is 3. The van der Waals surface area contributed by atoms with Gasteiger partial charge in [0.2, 0.25) is 5.13 Å². The number of halogens is 2. The van der Waals surface area contributed by atoms with E-state index in [0.717, 1.165) is 11.8 Å². The van der Waals surface area contributed by atoms with Gasteiger partial charge in [0.1, 0.15) is 0 Å². The number of aliphatic imine (C=N–C) groups is 2. The largest absolute Gasteiger partial charge is 0.378 e. The highest BCUT2D eigenvalue weighted by molar-refractivity contribution is 8.26. The first-order valence-corrected chi connectivity index (χ1v) is 6.03. The van der Waals surface area contributed by atoms with Crippen LogP contribution in [0.1, 0.15) is 5.69 Å². The summed E-state index contributed by atoms with van der Waals surface area (Å²) in [6.45, 7) is 0.294. The summed E-state index contributed by atoms with van der Waals surface area (Å²) < 4.78 is 0. The van der Waals surface area contributed by atoms with Crippen LogP contribution in [0.3, 0.4) is 0 Å². The maximum absolute atomic E-state index is 7.01. The molecule has 108 valence electrons. The van der Waals surface area contributed by atoms with Gasteiger partial charge < -0.3 is 22.9 Å². The molecule has 1 aromatic rings. The van der Waals surface area contributed by atoms with E-state index in [4.69, 9.17) is 28.3 Å². The van der Waals surface area contributed by atoms with E-state index >= 15 is 0 Å². The summed E-state index contributed by atoms with van der Waals surface area (Å²) in [6, 6.07) is 0. The summed E-state index contributed by atoms with van der Waals surface area (Å²) in [4.78, 5) is 11.9. The van der Waals surface area contributed by atoms with Crippen LogP contribution in [0.15, 0.2) is 15.4 Å². The Hall–Kier alpha value is -1.23. The third-order valence-corrected chi connectivity index (χ3v) is 2.72. The SMILES string of the molecule is Cl.Cl.N=C(N)SC(N)=NCc1csc(N=C(N)N)n1. The average Bonchev–Trinajstić information content (AvgIpc) is 2.60. The highest BCUT2D eigenvalue weighted by Gasteiger charge is 2.01. The van der Waals surface area contributed by atoms with E-state index < -0.39 is 0 Å². The Balaban J connectivity index is 0. The molecule has 0 aliphatic heterocycles. The van der Waals surface area contributed by atoms with Crippen molar-refractivity contribution in [2.24, 2.45) is 32.9 Å². The molecule has 0 atom stereocenters. The molecule has 0 fully saturated rings. The summed E-state index contributed by atoms with van der Waals surface area (Å²) in [6.07, 6.45) is 0. The van der Waals surface area contributed by atoms with Gasteiger partial charge in [0.15, 0.2) is 16.3 Å². The third-order valence-electron chi connectivity index (χ3n) is 1.38.